The summed E-state index contributed by atoms with van der Waals surface area (Å²) in [7, 11) is 0. The molecule has 2 rings (SSSR count). The van der Waals surface area contributed by atoms with Crippen LogP contribution in [0.25, 0.3) is 0 Å². The second-order valence-corrected chi connectivity index (χ2v) is 5.36. The molecular weight excluding hydrogens is 236 g/mol. The molecule has 1 unspecified atom stereocenters. The molecule has 0 aliphatic carbocycles. The summed E-state index contributed by atoms with van der Waals surface area (Å²) in [5.41, 5.74) is 3.04. The van der Waals surface area contributed by atoms with Crippen LogP contribution in [0.15, 0.2) is 18.2 Å². The maximum absolute atomic E-state index is 12.8. The lowest BCUT2D eigenvalue weighted by Gasteiger charge is -2.34. The summed E-state index contributed by atoms with van der Waals surface area (Å²) in [6.07, 6.45) is 2.26. The first-order valence-corrected chi connectivity index (χ1v) is 7.23. The van der Waals surface area contributed by atoms with Crippen LogP contribution in [0.3, 0.4) is 0 Å². The van der Waals surface area contributed by atoms with E-state index in [1.54, 1.807) is 0 Å². The number of rotatable bonds is 3. The van der Waals surface area contributed by atoms with E-state index in [-0.39, 0.29) is 5.91 Å². The van der Waals surface area contributed by atoms with E-state index in [9.17, 15) is 4.79 Å². The number of aryl methyl sites for hydroxylation is 2. The van der Waals surface area contributed by atoms with Gasteiger partial charge in [-0.2, -0.15) is 0 Å². The molecule has 1 aliphatic heterocycles. The van der Waals surface area contributed by atoms with E-state index < -0.39 is 0 Å². The van der Waals surface area contributed by atoms with E-state index in [2.05, 4.69) is 12.2 Å². The Morgan fingerprint density at radius 1 is 1.37 bits per heavy atom. The molecule has 0 saturated carbocycles. The van der Waals surface area contributed by atoms with Crippen LogP contribution < -0.4 is 5.32 Å². The van der Waals surface area contributed by atoms with Crippen LogP contribution in [-0.4, -0.2) is 36.5 Å². The minimum atomic E-state index is 0.187. The molecule has 1 heterocycles. The van der Waals surface area contributed by atoms with Gasteiger partial charge in [-0.3, -0.25) is 4.79 Å². The zero-order valence-electron chi connectivity index (χ0n) is 12.2. The first-order valence-electron chi connectivity index (χ1n) is 7.23. The van der Waals surface area contributed by atoms with Gasteiger partial charge in [-0.1, -0.05) is 18.2 Å². The average Bonchev–Trinajstić information content (AvgIpc) is 2.40. The Labute approximate surface area is 116 Å². The van der Waals surface area contributed by atoms with Crippen molar-refractivity contribution in [3.63, 3.8) is 0 Å². The molecule has 3 heteroatoms. The molecule has 104 valence electrons. The van der Waals surface area contributed by atoms with Crippen molar-refractivity contribution in [2.45, 2.75) is 39.7 Å². The molecule has 0 spiro atoms. The summed E-state index contributed by atoms with van der Waals surface area (Å²) in [5, 5.41) is 3.39. The Balaban J connectivity index is 2.25. The standard InChI is InChI=1S/C16H24N2O/c1-4-18(14-9-6-10-17-11-14)16(19)15-12(2)7-5-8-13(15)3/h5,7-8,14,17H,4,6,9-11H2,1-3H3. The Morgan fingerprint density at radius 3 is 2.58 bits per heavy atom. The molecule has 0 aromatic heterocycles. The SMILES string of the molecule is CCN(C(=O)c1c(C)cccc1C)C1CCCNC1. The molecule has 1 N–H and O–H groups in total. The summed E-state index contributed by atoms with van der Waals surface area (Å²) in [5.74, 6) is 0.187. The molecule has 1 aromatic carbocycles. The van der Waals surface area contributed by atoms with Crippen molar-refractivity contribution < 1.29 is 4.79 Å². The molecule has 1 fully saturated rings. The normalized spacial score (nSPS) is 19.2. The number of likely N-dealkylation sites (N-methyl/N-ethyl adjacent to an activating group) is 1. The first-order chi connectivity index (χ1) is 9.15. The van der Waals surface area contributed by atoms with Crippen molar-refractivity contribution >= 4 is 5.91 Å². The highest BCUT2D eigenvalue weighted by atomic mass is 16.2. The number of amides is 1. The fourth-order valence-corrected chi connectivity index (χ4v) is 2.96. The highest BCUT2D eigenvalue weighted by molar-refractivity contribution is 5.97. The molecule has 3 nitrogen and oxygen atoms in total. The predicted octanol–water partition coefficient (Wildman–Crippen LogP) is 2.52. The lowest BCUT2D eigenvalue weighted by atomic mass is 9.99. The number of nitrogens with one attached hydrogen (secondary N) is 1. The minimum Gasteiger partial charge on any atom is -0.335 e. The molecule has 1 aromatic rings. The summed E-state index contributed by atoms with van der Waals surface area (Å²) in [6.45, 7) is 8.88. The van der Waals surface area contributed by atoms with E-state index in [1.807, 2.05) is 36.9 Å². The zero-order chi connectivity index (χ0) is 13.8. The van der Waals surface area contributed by atoms with Gasteiger partial charge < -0.3 is 10.2 Å². The van der Waals surface area contributed by atoms with Crippen molar-refractivity contribution in [2.24, 2.45) is 0 Å². The van der Waals surface area contributed by atoms with Crippen LogP contribution in [0.2, 0.25) is 0 Å². The van der Waals surface area contributed by atoms with E-state index in [0.717, 1.165) is 49.2 Å². The number of carbonyl (C=O) groups is 1. The predicted molar refractivity (Wildman–Crippen MR) is 78.5 cm³/mol. The van der Waals surface area contributed by atoms with E-state index >= 15 is 0 Å². The molecule has 1 amide bonds. The molecule has 0 radical (unpaired) electrons. The van der Waals surface area contributed by atoms with Gasteiger partial charge in [0.1, 0.15) is 0 Å². The quantitative estimate of drug-likeness (QED) is 0.905. The van der Waals surface area contributed by atoms with Gasteiger partial charge in [0.05, 0.1) is 0 Å². The fraction of sp³-hybridized carbons (Fsp3) is 0.562. The van der Waals surface area contributed by atoms with Crippen molar-refractivity contribution in [2.75, 3.05) is 19.6 Å². The zero-order valence-corrected chi connectivity index (χ0v) is 12.2. The van der Waals surface area contributed by atoms with Crippen molar-refractivity contribution in [3.8, 4) is 0 Å². The number of carbonyl (C=O) groups excluding carboxylic acids is 1. The molecule has 0 bridgehead atoms. The number of hydrogen-bond acceptors (Lipinski definition) is 2. The van der Waals surface area contributed by atoms with Crippen LogP contribution >= 0.6 is 0 Å². The van der Waals surface area contributed by atoms with Gasteiger partial charge in [-0.25, -0.2) is 0 Å². The fourth-order valence-electron chi connectivity index (χ4n) is 2.96. The number of benzene rings is 1. The minimum absolute atomic E-state index is 0.187. The molecule has 1 saturated heterocycles. The summed E-state index contributed by atoms with van der Waals surface area (Å²) in [4.78, 5) is 14.8. The Kier molecular flexibility index (Phi) is 4.59. The van der Waals surface area contributed by atoms with Gasteiger partial charge in [0, 0.05) is 24.7 Å². The van der Waals surface area contributed by atoms with Crippen molar-refractivity contribution in [1.29, 1.82) is 0 Å². The highest BCUT2D eigenvalue weighted by Gasteiger charge is 2.26. The lowest BCUT2D eigenvalue weighted by Crippen LogP contribution is -2.48. The van der Waals surface area contributed by atoms with Crippen LogP contribution in [0.5, 0.6) is 0 Å². The molecular formula is C16H24N2O. The molecule has 1 atom stereocenters. The summed E-state index contributed by atoms with van der Waals surface area (Å²) >= 11 is 0. The number of nitrogens with zero attached hydrogens (tertiary/aromatic N) is 1. The van der Waals surface area contributed by atoms with Crippen molar-refractivity contribution in [1.82, 2.24) is 10.2 Å². The maximum Gasteiger partial charge on any atom is 0.254 e. The van der Waals surface area contributed by atoms with Gasteiger partial charge >= 0.3 is 0 Å². The van der Waals surface area contributed by atoms with Crippen molar-refractivity contribution in [3.05, 3.63) is 34.9 Å². The van der Waals surface area contributed by atoms with E-state index in [4.69, 9.17) is 0 Å². The second-order valence-electron chi connectivity index (χ2n) is 5.36. The third-order valence-electron chi connectivity index (χ3n) is 4.01. The smallest absolute Gasteiger partial charge is 0.254 e. The lowest BCUT2D eigenvalue weighted by molar-refractivity contribution is 0.0660. The van der Waals surface area contributed by atoms with Crippen LogP contribution in [0.1, 0.15) is 41.3 Å². The van der Waals surface area contributed by atoms with Crippen LogP contribution in [0.4, 0.5) is 0 Å². The van der Waals surface area contributed by atoms with Gasteiger partial charge in [0.2, 0.25) is 0 Å². The number of hydrogen-bond donors (Lipinski definition) is 1. The summed E-state index contributed by atoms with van der Waals surface area (Å²) < 4.78 is 0. The third kappa shape index (κ3) is 2.98. The van der Waals surface area contributed by atoms with Gasteiger partial charge in [-0.05, 0) is 51.3 Å². The molecule has 1 aliphatic rings. The Hall–Kier alpha value is -1.35. The largest absolute Gasteiger partial charge is 0.335 e. The molecule has 19 heavy (non-hydrogen) atoms. The monoisotopic (exact) mass is 260 g/mol. The number of piperidine rings is 1. The third-order valence-corrected chi connectivity index (χ3v) is 4.01. The van der Waals surface area contributed by atoms with Crippen LogP contribution in [0, 0.1) is 13.8 Å². The highest BCUT2D eigenvalue weighted by Crippen LogP contribution is 2.19. The average molecular weight is 260 g/mol. The first kappa shape index (κ1) is 14.1. The van der Waals surface area contributed by atoms with Gasteiger partial charge in [-0.15, -0.1) is 0 Å². The summed E-state index contributed by atoms with van der Waals surface area (Å²) in [6, 6.07) is 6.39. The van der Waals surface area contributed by atoms with Gasteiger partial charge in [0.15, 0.2) is 0 Å². The van der Waals surface area contributed by atoms with E-state index in [0.29, 0.717) is 6.04 Å². The Bertz CT molecular complexity index is 430. The van der Waals surface area contributed by atoms with Crippen LogP contribution in [-0.2, 0) is 0 Å². The topological polar surface area (TPSA) is 32.3 Å². The van der Waals surface area contributed by atoms with Gasteiger partial charge in [0.25, 0.3) is 5.91 Å². The Morgan fingerprint density at radius 2 is 2.05 bits per heavy atom. The van der Waals surface area contributed by atoms with E-state index in [1.165, 1.54) is 0 Å². The second kappa shape index (κ2) is 6.20. The maximum atomic E-state index is 12.8.